The lowest BCUT2D eigenvalue weighted by molar-refractivity contribution is 0.0979. The number of nitriles is 1. The van der Waals surface area contributed by atoms with E-state index >= 15 is 0 Å². The summed E-state index contributed by atoms with van der Waals surface area (Å²) in [6.07, 6.45) is 0.100. The molecule has 0 fully saturated rings. The van der Waals surface area contributed by atoms with Crippen LogP contribution in [-0.2, 0) is 0 Å². The van der Waals surface area contributed by atoms with Crippen molar-refractivity contribution in [2.75, 3.05) is 0 Å². The van der Waals surface area contributed by atoms with E-state index in [2.05, 4.69) is 19.9 Å². The van der Waals surface area contributed by atoms with Crippen LogP contribution in [0.5, 0.6) is 0 Å². The Bertz CT molecular complexity index is 681. The van der Waals surface area contributed by atoms with E-state index in [0.29, 0.717) is 11.5 Å². The molecule has 0 aliphatic carbocycles. The summed E-state index contributed by atoms with van der Waals surface area (Å²) < 4.78 is 12.9. The first-order chi connectivity index (χ1) is 10.5. The Balaban J connectivity index is 2.13. The second-order valence-corrected chi connectivity index (χ2v) is 5.64. The van der Waals surface area contributed by atoms with Crippen LogP contribution in [0.1, 0.15) is 53.6 Å². The molecule has 0 N–H and O–H groups in total. The molecule has 2 aromatic rings. The van der Waals surface area contributed by atoms with Crippen molar-refractivity contribution in [3.8, 4) is 6.07 Å². The molecular weight excluding hydrogens is 277 g/mol. The first-order valence-electron chi connectivity index (χ1n) is 7.29. The van der Waals surface area contributed by atoms with Crippen LogP contribution in [-0.4, -0.2) is 5.78 Å². The fourth-order valence-electron chi connectivity index (χ4n) is 2.29. The van der Waals surface area contributed by atoms with Gasteiger partial charge in [-0.3, -0.25) is 4.79 Å². The highest BCUT2D eigenvalue weighted by molar-refractivity contribution is 5.96. The molecule has 2 aromatic carbocycles. The van der Waals surface area contributed by atoms with Gasteiger partial charge in [0.05, 0.1) is 12.0 Å². The predicted octanol–water partition coefficient (Wildman–Crippen LogP) is 4.83. The molecule has 0 aromatic heterocycles. The number of hydrogen-bond acceptors (Lipinski definition) is 2. The molecule has 0 bridgehead atoms. The van der Waals surface area contributed by atoms with Crippen molar-refractivity contribution in [2.24, 2.45) is 0 Å². The van der Waals surface area contributed by atoms with Gasteiger partial charge in [0.15, 0.2) is 5.78 Å². The monoisotopic (exact) mass is 295 g/mol. The van der Waals surface area contributed by atoms with Crippen LogP contribution >= 0.6 is 0 Å². The normalized spacial score (nSPS) is 12.0. The Labute approximate surface area is 130 Å². The molecule has 2 nitrogen and oxygen atoms in total. The quantitative estimate of drug-likeness (QED) is 0.741. The van der Waals surface area contributed by atoms with Crippen LogP contribution in [0, 0.1) is 17.1 Å². The van der Waals surface area contributed by atoms with E-state index < -0.39 is 5.92 Å². The largest absolute Gasteiger partial charge is 0.294 e. The molecule has 0 heterocycles. The summed E-state index contributed by atoms with van der Waals surface area (Å²) in [7, 11) is 0. The van der Waals surface area contributed by atoms with Crippen LogP contribution in [0.3, 0.4) is 0 Å². The zero-order chi connectivity index (χ0) is 16.1. The Morgan fingerprint density at radius 1 is 1.05 bits per heavy atom. The van der Waals surface area contributed by atoms with Gasteiger partial charge < -0.3 is 0 Å². The number of rotatable bonds is 5. The zero-order valence-electron chi connectivity index (χ0n) is 12.7. The predicted molar refractivity (Wildman–Crippen MR) is 84.2 cm³/mol. The third-order valence-corrected chi connectivity index (χ3v) is 3.72. The van der Waals surface area contributed by atoms with Crippen LogP contribution in [0.25, 0.3) is 0 Å². The molecular formula is C19H18FNO. The van der Waals surface area contributed by atoms with Crippen LogP contribution in [0.15, 0.2) is 48.5 Å². The third kappa shape index (κ3) is 3.79. The second kappa shape index (κ2) is 7.00. The van der Waals surface area contributed by atoms with Crippen molar-refractivity contribution < 1.29 is 9.18 Å². The number of halogens is 1. The minimum absolute atomic E-state index is 0.100. The molecule has 0 saturated heterocycles. The van der Waals surface area contributed by atoms with E-state index in [1.54, 1.807) is 0 Å². The molecule has 0 aliphatic heterocycles. The number of ketones is 1. The second-order valence-electron chi connectivity index (χ2n) is 5.64. The molecule has 112 valence electrons. The standard InChI is InChI=1S/C19H18FNO/c1-13(2)14-3-5-15(6-4-14)17(12-21)11-19(22)16-7-9-18(20)10-8-16/h3-10,13,17H,11H2,1-2H3/t17-/m0/s1. The van der Waals surface area contributed by atoms with E-state index in [9.17, 15) is 14.4 Å². The highest BCUT2D eigenvalue weighted by Crippen LogP contribution is 2.24. The van der Waals surface area contributed by atoms with Gasteiger partial charge in [-0.2, -0.15) is 5.26 Å². The van der Waals surface area contributed by atoms with Gasteiger partial charge in [0.1, 0.15) is 5.82 Å². The van der Waals surface area contributed by atoms with Gasteiger partial charge in [-0.15, -0.1) is 0 Å². The maximum atomic E-state index is 12.9. The summed E-state index contributed by atoms with van der Waals surface area (Å²) in [5.41, 5.74) is 2.47. The first-order valence-corrected chi connectivity index (χ1v) is 7.29. The fourth-order valence-corrected chi connectivity index (χ4v) is 2.29. The fraction of sp³-hybridized carbons (Fsp3) is 0.263. The Morgan fingerprint density at radius 2 is 1.59 bits per heavy atom. The van der Waals surface area contributed by atoms with Gasteiger partial charge in [-0.1, -0.05) is 38.1 Å². The number of carbonyl (C=O) groups excluding carboxylic acids is 1. The lowest BCUT2D eigenvalue weighted by Crippen LogP contribution is -2.06. The first kappa shape index (κ1) is 15.9. The van der Waals surface area contributed by atoms with E-state index in [-0.39, 0.29) is 18.0 Å². The SMILES string of the molecule is CC(C)c1ccc([C@H](C#N)CC(=O)c2ccc(F)cc2)cc1. The smallest absolute Gasteiger partial charge is 0.164 e. The van der Waals surface area contributed by atoms with Gasteiger partial charge in [0.2, 0.25) is 0 Å². The van der Waals surface area contributed by atoms with Crippen LogP contribution in [0.2, 0.25) is 0 Å². The maximum Gasteiger partial charge on any atom is 0.164 e. The van der Waals surface area contributed by atoms with E-state index in [1.165, 1.54) is 29.8 Å². The summed E-state index contributed by atoms with van der Waals surface area (Å²) in [5, 5.41) is 9.34. The van der Waals surface area contributed by atoms with E-state index in [4.69, 9.17) is 0 Å². The maximum absolute atomic E-state index is 12.9. The number of benzene rings is 2. The number of nitrogens with zero attached hydrogens (tertiary/aromatic N) is 1. The lowest BCUT2D eigenvalue weighted by atomic mass is 9.91. The lowest BCUT2D eigenvalue weighted by Gasteiger charge is -2.11. The molecule has 0 radical (unpaired) electrons. The highest BCUT2D eigenvalue weighted by atomic mass is 19.1. The Hall–Kier alpha value is -2.47. The van der Waals surface area contributed by atoms with Crippen molar-refractivity contribution in [3.05, 3.63) is 71.0 Å². The molecule has 1 atom stereocenters. The molecule has 0 amide bonds. The van der Waals surface area contributed by atoms with Crippen molar-refractivity contribution in [1.29, 1.82) is 5.26 Å². The van der Waals surface area contributed by atoms with Gasteiger partial charge in [0, 0.05) is 12.0 Å². The van der Waals surface area contributed by atoms with Gasteiger partial charge in [-0.05, 0) is 41.3 Å². The van der Waals surface area contributed by atoms with Crippen molar-refractivity contribution in [2.45, 2.75) is 32.1 Å². The molecule has 0 aliphatic rings. The van der Waals surface area contributed by atoms with Gasteiger partial charge >= 0.3 is 0 Å². The summed E-state index contributed by atoms with van der Waals surface area (Å²) in [5.74, 6) is -0.591. The molecule has 3 heteroatoms. The summed E-state index contributed by atoms with van der Waals surface area (Å²) in [4.78, 5) is 12.2. The molecule has 2 rings (SSSR count). The minimum atomic E-state index is -0.487. The Kier molecular flexibility index (Phi) is 5.06. The number of carbonyl (C=O) groups is 1. The van der Waals surface area contributed by atoms with E-state index in [1.807, 2.05) is 24.3 Å². The van der Waals surface area contributed by atoms with E-state index in [0.717, 1.165) is 5.56 Å². The minimum Gasteiger partial charge on any atom is -0.294 e. The van der Waals surface area contributed by atoms with Gasteiger partial charge in [-0.25, -0.2) is 4.39 Å². The molecule has 0 saturated carbocycles. The number of hydrogen-bond donors (Lipinski definition) is 0. The van der Waals surface area contributed by atoms with Crippen LogP contribution < -0.4 is 0 Å². The Morgan fingerprint density at radius 3 is 2.09 bits per heavy atom. The zero-order valence-corrected chi connectivity index (χ0v) is 12.7. The summed E-state index contributed by atoms with van der Waals surface area (Å²) in [6, 6.07) is 15.4. The summed E-state index contributed by atoms with van der Waals surface area (Å²) >= 11 is 0. The van der Waals surface area contributed by atoms with Gasteiger partial charge in [0.25, 0.3) is 0 Å². The third-order valence-electron chi connectivity index (χ3n) is 3.72. The average molecular weight is 295 g/mol. The highest BCUT2D eigenvalue weighted by Gasteiger charge is 2.17. The van der Waals surface area contributed by atoms with Crippen molar-refractivity contribution >= 4 is 5.78 Å². The summed E-state index contributed by atoms with van der Waals surface area (Å²) in [6.45, 7) is 4.21. The number of Topliss-reactive ketones (excluding diaryl/α,β-unsaturated/α-hetero) is 1. The van der Waals surface area contributed by atoms with Crippen molar-refractivity contribution in [1.82, 2.24) is 0 Å². The average Bonchev–Trinajstić information content (AvgIpc) is 2.53. The van der Waals surface area contributed by atoms with Crippen LogP contribution in [0.4, 0.5) is 4.39 Å². The van der Waals surface area contributed by atoms with Crippen molar-refractivity contribution in [3.63, 3.8) is 0 Å². The topological polar surface area (TPSA) is 40.9 Å². The molecule has 0 unspecified atom stereocenters. The molecule has 22 heavy (non-hydrogen) atoms. The molecule has 0 spiro atoms.